The summed E-state index contributed by atoms with van der Waals surface area (Å²) < 4.78 is 11.1. The Balaban J connectivity index is 2.60. The van der Waals surface area contributed by atoms with Crippen LogP contribution < -0.4 is 9.47 Å². The van der Waals surface area contributed by atoms with E-state index in [4.69, 9.17) is 9.47 Å². The lowest BCUT2D eigenvalue weighted by Gasteiger charge is -2.47. The van der Waals surface area contributed by atoms with Gasteiger partial charge in [-0.2, -0.15) is 0 Å². The zero-order valence-corrected chi connectivity index (χ0v) is 13.9. The molecular formula is C18H28O3. The monoisotopic (exact) mass is 292 g/mol. The number of rotatable bonds is 3. The number of aliphatic hydroxyl groups is 1. The fourth-order valence-corrected chi connectivity index (χ4v) is 3.88. The normalized spacial score (nSPS) is 26.5. The Morgan fingerprint density at radius 3 is 2.14 bits per heavy atom. The molecule has 0 heterocycles. The number of methoxy groups -OCH3 is 2. The Hall–Kier alpha value is -1.22. The third kappa shape index (κ3) is 2.89. The lowest BCUT2D eigenvalue weighted by Crippen LogP contribution is -2.45. The zero-order chi connectivity index (χ0) is 15.7. The van der Waals surface area contributed by atoms with Crippen LogP contribution in [0.15, 0.2) is 18.2 Å². The van der Waals surface area contributed by atoms with Crippen LogP contribution >= 0.6 is 0 Å². The minimum atomic E-state index is -0.894. The summed E-state index contributed by atoms with van der Waals surface area (Å²) in [5, 5.41) is 11.6. The molecule has 0 aromatic heterocycles. The molecule has 0 aliphatic heterocycles. The van der Waals surface area contributed by atoms with Crippen molar-refractivity contribution in [3.63, 3.8) is 0 Å². The highest BCUT2D eigenvalue weighted by Gasteiger charge is 2.48. The largest absolute Gasteiger partial charge is 0.496 e. The van der Waals surface area contributed by atoms with Gasteiger partial charge in [0.2, 0.25) is 0 Å². The van der Waals surface area contributed by atoms with Gasteiger partial charge in [-0.05, 0) is 36.3 Å². The molecule has 1 aliphatic carbocycles. The Kier molecular flexibility index (Phi) is 4.52. The second kappa shape index (κ2) is 5.88. The molecule has 0 radical (unpaired) electrons. The van der Waals surface area contributed by atoms with Gasteiger partial charge in [-0.1, -0.05) is 39.7 Å². The molecule has 3 heteroatoms. The molecule has 2 rings (SSSR count). The van der Waals surface area contributed by atoms with Crippen LogP contribution in [0.5, 0.6) is 11.5 Å². The number of ether oxygens (including phenoxy) is 2. The van der Waals surface area contributed by atoms with E-state index >= 15 is 0 Å². The van der Waals surface area contributed by atoms with Gasteiger partial charge < -0.3 is 14.6 Å². The van der Waals surface area contributed by atoms with Crippen LogP contribution in [0.4, 0.5) is 0 Å². The molecule has 1 N–H and O–H groups in total. The van der Waals surface area contributed by atoms with Crippen molar-refractivity contribution in [2.45, 2.75) is 52.1 Å². The molecule has 1 saturated carbocycles. The van der Waals surface area contributed by atoms with Gasteiger partial charge in [-0.3, -0.25) is 0 Å². The minimum Gasteiger partial charge on any atom is -0.496 e. The first-order valence-corrected chi connectivity index (χ1v) is 7.78. The Morgan fingerprint density at radius 2 is 1.67 bits per heavy atom. The number of hydrogen-bond donors (Lipinski definition) is 1. The van der Waals surface area contributed by atoms with Crippen molar-refractivity contribution in [1.29, 1.82) is 0 Å². The first-order chi connectivity index (χ1) is 9.84. The third-order valence-electron chi connectivity index (χ3n) is 4.78. The minimum absolute atomic E-state index is 0.0288. The molecule has 1 aliphatic rings. The molecule has 118 valence electrons. The van der Waals surface area contributed by atoms with E-state index in [1.807, 2.05) is 18.2 Å². The Morgan fingerprint density at radius 1 is 1.10 bits per heavy atom. The van der Waals surface area contributed by atoms with Crippen LogP contribution in [-0.4, -0.2) is 19.3 Å². The van der Waals surface area contributed by atoms with Crippen LogP contribution in [0.2, 0.25) is 0 Å². The number of hydrogen-bond acceptors (Lipinski definition) is 3. The van der Waals surface area contributed by atoms with E-state index < -0.39 is 5.60 Å². The quantitative estimate of drug-likeness (QED) is 0.910. The van der Waals surface area contributed by atoms with E-state index in [0.29, 0.717) is 11.5 Å². The Bertz CT molecular complexity index is 467. The van der Waals surface area contributed by atoms with Crippen molar-refractivity contribution in [3.8, 4) is 11.5 Å². The van der Waals surface area contributed by atoms with E-state index in [1.165, 1.54) is 6.42 Å². The van der Waals surface area contributed by atoms with E-state index in [0.717, 1.165) is 24.8 Å². The van der Waals surface area contributed by atoms with Crippen LogP contribution in [0, 0.1) is 11.3 Å². The molecule has 0 amide bonds. The topological polar surface area (TPSA) is 38.7 Å². The Labute approximate surface area is 128 Å². The van der Waals surface area contributed by atoms with Gasteiger partial charge in [0.05, 0.1) is 19.8 Å². The summed E-state index contributed by atoms with van der Waals surface area (Å²) in [5.74, 6) is 1.62. The summed E-state index contributed by atoms with van der Waals surface area (Å²) in [6.07, 6.45) is 3.98. The summed E-state index contributed by atoms with van der Waals surface area (Å²) in [6.45, 7) is 6.61. The predicted molar refractivity (Wildman–Crippen MR) is 84.9 cm³/mol. The maximum Gasteiger partial charge on any atom is 0.128 e. The summed E-state index contributed by atoms with van der Waals surface area (Å²) in [5.41, 5.74) is -0.0511. The van der Waals surface area contributed by atoms with E-state index in [2.05, 4.69) is 20.8 Å². The second-order valence-corrected chi connectivity index (χ2v) is 7.13. The van der Waals surface area contributed by atoms with Crippen molar-refractivity contribution in [1.82, 2.24) is 0 Å². The third-order valence-corrected chi connectivity index (χ3v) is 4.78. The maximum absolute atomic E-state index is 11.6. The molecule has 21 heavy (non-hydrogen) atoms. The molecule has 3 nitrogen and oxygen atoms in total. The van der Waals surface area contributed by atoms with Gasteiger partial charge in [0.1, 0.15) is 17.1 Å². The lowest BCUT2D eigenvalue weighted by atomic mass is 9.61. The zero-order valence-electron chi connectivity index (χ0n) is 13.9. The van der Waals surface area contributed by atoms with Gasteiger partial charge in [-0.15, -0.1) is 0 Å². The molecule has 1 aromatic carbocycles. The van der Waals surface area contributed by atoms with Crippen LogP contribution in [0.1, 0.15) is 52.0 Å². The molecule has 0 spiro atoms. The van der Waals surface area contributed by atoms with Gasteiger partial charge in [0.25, 0.3) is 0 Å². The van der Waals surface area contributed by atoms with Crippen LogP contribution in [0.3, 0.4) is 0 Å². The van der Waals surface area contributed by atoms with E-state index in [9.17, 15) is 5.11 Å². The summed E-state index contributed by atoms with van der Waals surface area (Å²) >= 11 is 0. The first-order valence-electron chi connectivity index (χ1n) is 7.78. The first kappa shape index (κ1) is 16.2. The number of benzene rings is 1. The van der Waals surface area contributed by atoms with Gasteiger partial charge in [0.15, 0.2) is 0 Å². The van der Waals surface area contributed by atoms with E-state index in [1.54, 1.807) is 14.2 Å². The van der Waals surface area contributed by atoms with Crippen molar-refractivity contribution in [3.05, 3.63) is 23.8 Å². The highest BCUT2D eigenvalue weighted by molar-refractivity contribution is 5.49. The van der Waals surface area contributed by atoms with Gasteiger partial charge >= 0.3 is 0 Å². The molecule has 0 saturated heterocycles. The molecule has 0 bridgehead atoms. The highest BCUT2D eigenvalue weighted by Crippen LogP contribution is 2.53. The SMILES string of the molecule is COc1cccc(OC)c1C1(O)CCCCC1C(C)(C)C. The molecule has 1 fully saturated rings. The summed E-state index contributed by atoms with van der Waals surface area (Å²) in [4.78, 5) is 0. The average Bonchev–Trinajstić information content (AvgIpc) is 2.45. The molecule has 2 atom stereocenters. The van der Waals surface area contributed by atoms with Crippen LogP contribution in [-0.2, 0) is 5.60 Å². The van der Waals surface area contributed by atoms with Crippen molar-refractivity contribution < 1.29 is 14.6 Å². The molecule has 1 aromatic rings. The van der Waals surface area contributed by atoms with Crippen molar-refractivity contribution in [2.24, 2.45) is 11.3 Å². The second-order valence-electron chi connectivity index (χ2n) is 7.13. The lowest BCUT2D eigenvalue weighted by molar-refractivity contribution is -0.0981. The van der Waals surface area contributed by atoms with Crippen molar-refractivity contribution >= 4 is 0 Å². The molecule has 2 unspecified atom stereocenters. The fraction of sp³-hybridized carbons (Fsp3) is 0.667. The smallest absolute Gasteiger partial charge is 0.128 e. The maximum atomic E-state index is 11.6. The van der Waals surface area contributed by atoms with Gasteiger partial charge in [-0.25, -0.2) is 0 Å². The summed E-state index contributed by atoms with van der Waals surface area (Å²) in [6, 6.07) is 5.72. The highest BCUT2D eigenvalue weighted by atomic mass is 16.5. The van der Waals surface area contributed by atoms with Gasteiger partial charge in [0, 0.05) is 0 Å². The fourth-order valence-electron chi connectivity index (χ4n) is 3.88. The standard InChI is InChI=1S/C18H28O3/c1-17(2,3)15-11-6-7-12-18(15,19)16-13(20-4)9-8-10-14(16)21-5/h8-10,15,19H,6-7,11-12H2,1-5H3. The molecular weight excluding hydrogens is 264 g/mol. The average molecular weight is 292 g/mol. The van der Waals surface area contributed by atoms with Crippen LogP contribution in [0.25, 0.3) is 0 Å². The predicted octanol–water partition coefficient (Wildman–Crippen LogP) is 4.13. The summed E-state index contributed by atoms with van der Waals surface area (Å²) in [7, 11) is 3.30. The van der Waals surface area contributed by atoms with E-state index in [-0.39, 0.29) is 11.3 Å². The van der Waals surface area contributed by atoms with Crippen molar-refractivity contribution in [2.75, 3.05) is 14.2 Å².